The van der Waals surface area contributed by atoms with E-state index in [1.54, 1.807) is 37.4 Å². The van der Waals surface area contributed by atoms with E-state index in [1.165, 1.54) is 6.07 Å². The van der Waals surface area contributed by atoms with E-state index in [2.05, 4.69) is 0 Å². The molecule has 0 amide bonds. The van der Waals surface area contributed by atoms with Gasteiger partial charge in [-0.2, -0.15) is 0 Å². The molecule has 2 rings (SSSR count). The first-order chi connectivity index (χ1) is 14.7. The van der Waals surface area contributed by atoms with Crippen molar-refractivity contribution in [2.24, 2.45) is 0 Å². The standard InChI is InChI=1S/C22H33NO7S.Li/c1-3-17(24)15-29-12-6-7-13-30-16-18(25)14-23(2)21-10-11-22(31(26,27)28)20-9-5-4-8-19(20)21;/h4-5,8-11,17-18,24-25H,3,6-7,12-16H2,1-2H3,(H,26,27,28);/q;+1/p-1. The van der Waals surface area contributed by atoms with E-state index in [1.807, 2.05) is 11.8 Å². The summed E-state index contributed by atoms with van der Waals surface area (Å²) in [5.74, 6) is 0. The van der Waals surface area contributed by atoms with Gasteiger partial charge in [0.05, 0.1) is 30.3 Å². The molecule has 0 aliphatic carbocycles. The molecule has 0 aliphatic rings. The molecule has 0 saturated heterocycles. The molecule has 8 nitrogen and oxygen atoms in total. The van der Waals surface area contributed by atoms with Crippen molar-refractivity contribution < 1.29 is 51.5 Å². The van der Waals surface area contributed by atoms with E-state index < -0.39 is 22.3 Å². The van der Waals surface area contributed by atoms with Gasteiger partial charge in [0.2, 0.25) is 0 Å². The van der Waals surface area contributed by atoms with Crippen molar-refractivity contribution in [3.05, 3.63) is 36.4 Å². The number of nitrogens with zero attached hydrogens (tertiary/aromatic N) is 1. The number of likely N-dealkylation sites (N-methyl/N-ethyl adjacent to an activating group) is 1. The van der Waals surface area contributed by atoms with Gasteiger partial charge in [0.1, 0.15) is 10.1 Å². The quantitative estimate of drug-likeness (QED) is 0.212. The number of unbranched alkanes of at least 4 members (excludes halogenated alkanes) is 1. The molecule has 2 atom stereocenters. The molecule has 0 bridgehead atoms. The Morgan fingerprint density at radius 1 is 0.969 bits per heavy atom. The Bertz CT molecular complexity index is 926. The number of aliphatic hydroxyl groups excluding tert-OH is 2. The van der Waals surface area contributed by atoms with Gasteiger partial charge in [0.25, 0.3) is 0 Å². The van der Waals surface area contributed by atoms with E-state index in [9.17, 15) is 23.2 Å². The molecular formula is C22H32LiNO7S. The number of fused-ring (bicyclic) bond motifs is 1. The van der Waals surface area contributed by atoms with Crippen molar-refractivity contribution in [2.75, 3.05) is 44.9 Å². The zero-order valence-electron chi connectivity index (χ0n) is 19.1. The Balaban J connectivity index is 0.00000512. The van der Waals surface area contributed by atoms with Gasteiger partial charge in [-0.3, -0.25) is 0 Å². The molecule has 0 saturated carbocycles. The molecule has 174 valence electrons. The topological polar surface area (TPSA) is 119 Å². The second-order valence-corrected chi connectivity index (χ2v) is 8.88. The third kappa shape index (κ3) is 9.00. The van der Waals surface area contributed by atoms with Gasteiger partial charge in [-0.05, 0) is 31.4 Å². The van der Waals surface area contributed by atoms with Crippen molar-refractivity contribution in [2.45, 2.75) is 43.3 Å². The Labute approximate surface area is 202 Å². The van der Waals surface area contributed by atoms with Gasteiger partial charge in [-0.25, -0.2) is 8.42 Å². The summed E-state index contributed by atoms with van der Waals surface area (Å²) in [5, 5.41) is 20.7. The predicted molar refractivity (Wildman–Crippen MR) is 118 cm³/mol. The smallest absolute Gasteiger partial charge is 0.744 e. The Morgan fingerprint density at radius 2 is 1.53 bits per heavy atom. The van der Waals surface area contributed by atoms with E-state index in [0.29, 0.717) is 42.7 Å². The molecule has 2 aromatic rings. The van der Waals surface area contributed by atoms with E-state index in [0.717, 1.165) is 12.8 Å². The maximum Gasteiger partial charge on any atom is 1.00 e. The summed E-state index contributed by atoms with van der Waals surface area (Å²) in [4.78, 5) is 1.56. The van der Waals surface area contributed by atoms with Crippen LogP contribution in [0.3, 0.4) is 0 Å². The van der Waals surface area contributed by atoms with Crippen LogP contribution in [0.25, 0.3) is 10.8 Å². The normalized spacial score (nSPS) is 13.5. The van der Waals surface area contributed by atoms with Crippen molar-refractivity contribution in [3.63, 3.8) is 0 Å². The Hall–Kier alpha value is -1.15. The number of rotatable bonds is 14. The van der Waals surface area contributed by atoms with Crippen LogP contribution >= 0.6 is 0 Å². The largest absolute Gasteiger partial charge is 1.00 e. The predicted octanol–water partition coefficient (Wildman–Crippen LogP) is -0.871. The maximum atomic E-state index is 11.5. The van der Waals surface area contributed by atoms with Gasteiger partial charge in [-0.1, -0.05) is 31.2 Å². The number of hydrogen-bond acceptors (Lipinski definition) is 8. The third-order valence-corrected chi connectivity index (χ3v) is 5.84. The van der Waals surface area contributed by atoms with Gasteiger partial charge >= 0.3 is 18.9 Å². The Kier molecular flexibility index (Phi) is 12.8. The van der Waals surface area contributed by atoms with Crippen molar-refractivity contribution in [1.82, 2.24) is 0 Å². The van der Waals surface area contributed by atoms with Crippen LogP contribution in [0.4, 0.5) is 5.69 Å². The summed E-state index contributed by atoms with van der Waals surface area (Å²) in [7, 11) is -2.79. The van der Waals surface area contributed by atoms with Crippen molar-refractivity contribution in [1.29, 1.82) is 0 Å². The Morgan fingerprint density at radius 3 is 2.09 bits per heavy atom. The molecule has 2 unspecified atom stereocenters. The first-order valence-electron chi connectivity index (χ1n) is 10.4. The molecule has 0 spiro atoms. The average molecular weight is 462 g/mol. The number of benzene rings is 2. The summed E-state index contributed by atoms with van der Waals surface area (Å²) in [6, 6.07) is 9.69. The fraction of sp³-hybridized carbons (Fsp3) is 0.545. The fourth-order valence-corrected chi connectivity index (χ4v) is 3.92. The average Bonchev–Trinajstić information content (AvgIpc) is 2.73. The van der Waals surface area contributed by atoms with Crippen LogP contribution in [0.15, 0.2) is 41.3 Å². The number of anilines is 1. The maximum absolute atomic E-state index is 11.5. The molecule has 0 aliphatic heterocycles. The third-order valence-electron chi connectivity index (χ3n) is 4.95. The summed E-state index contributed by atoms with van der Waals surface area (Å²) in [5.41, 5.74) is 0.716. The van der Waals surface area contributed by atoms with Gasteiger partial charge in [0, 0.05) is 43.3 Å². The molecule has 0 heterocycles. The fourth-order valence-electron chi connectivity index (χ4n) is 3.24. The molecule has 0 fully saturated rings. The van der Waals surface area contributed by atoms with Crippen LogP contribution < -0.4 is 23.8 Å². The van der Waals surface area contributed by atoms with Crippen LogP contribution in [0, 0.1) is 0 Å². The first-order valence-corrected chi connectivity index (χ1v) is 11.8. The second kappa shape index (κ2) is 14.2. The zero-order valence-corrected chi connectivity index (χ0v) is 19.9. The van der Waals surface area contributed by atoms with E-state index >= 15 is 0 Å². The summed E-state index contributed by atoms with van der Waals surface area (Å²) in [6.45, 7) is 3.77. The van der Waals surface area contributed by atoms with Crippen LogP contribution in [-0.4, -0.2) is 75.4 Å². The van der Waals surface area contributed by atoms with Crippen LogP contribution in [-0.2, 0) is 19.6 Å². The summed E-state index contributed by atoms with van der Waals surface area (Å²) >= 11 is 0. The minimum absolute atomic E-state index is 0. The minimum atomic E-state index is -4.58. The number of hydrogen-bond donors (Lipinski definition) is 2. The second-order valence-electron chi connectivity index (χ2n) is 7.54. The molecular weight excluding hydrogens is 429 g/mol. The van der Waals surface area contributed by atoms with Gasteiger partial charge in [-0.15, -0.1) is 0 Å². The molecule has 0 aromatic heterocycles. The SMILES string of the molecule is CCC(O)COCCCCOCC(O)CN(C)c1ccc(S(=O)(=O)[O-])c2ccccc12.[Li+]. The summed E-state index contributed by atoms with van der Waals surface area (Å²) in [6.07, 6.45) is 1.13. The van der Waals surface area contributed by atoms with E-state index in [4.69, 9.17) is 9.47 Å². The van der Waals surface area contributed by atoms with E-state index in [-0.39, 0.29) is 36.9 Å². The number of aliphatic hydroxyl groups is 2. The number of ether oxygens (including phenoxy) is 2. The molecule has 0 radical (unpaired) electrons. The van der Waals surface area contributed by atoms with Crippen molar-refractivity contribution >= 4 is 26.6 Å². The molecule has 32 heavy (non-hydrogen) atoms. The van der Waals surface area contributed by atoms with Crippen molar-refractivity contribution in [3.8, 4) is 0 Å². The molecule has 2 aromatic carbocycles. The van der Waals surface area contributed by atoms with Crippen LogP contribution in [0.5, 0.6) is 0 Å². The van der Waals surface area contributed by atoms with Gasteiger partial charge in [0.15, 0.2) is 0 Å². The van der Waals surface area contributed by atoms with Crippen LogP contribution in [0.1, 0.15) is 26.2 Å². The zero-order chi connectivity index (χ0) is 22.9. The summed E-state index contributed by atoms with van der Waals surface area (Å²) < 4.78 is 45.5. The molecule has 2 N–H and O–H groups in total. The van der Waals surface area contributed by atoms with Crippen LogP contribution in [0.2, 0.25) is 0 Å². The molecule has 10 heteroatoms. The first kappa shape index (κ1) is 28.9. The monoisotopic (exact) mass is 461 g/mol. The minimum Gasteiger partial charge on any atom is -0.744 e. The van der Waals surface area contributed by atoms with Gasteiger partial charge < -0.3 is 29.1 Å².